The normalized spacial score (nSPS) is 15.0. The molecular formula is C31H29Br2N3O5. The summed E-state index contributed by atoms with van der Waals surface area (Å²) in [6.45, 7) is 7.16. The molecule has 0 aliphatic heterocycles. The molecule has 0 amide bonds. The zero-order valence-corrected chi connectivity index (χ0v) is 26.3. The zero-order valence-electron chi connectivity index (χ0n) is 23.2. The SMILES string of the molecule is CC(=O)Cc1c(O)c2ccc(Br)c(C)c2n(C2CC2)c1=O.Cc1nc2c(=O)n(C3CC3)c3c(C)c(Br)ccc3c2o1. The van der Waals surface area contributed by atoms with E-state index in [1.165, 1.54) is 6.92 Å². The van der Waals surface area contributed by atoms with Crippen LogP contribution in [-0.4, -0.2) is 25.0 Å². The third kappa shape index (κ3) is 4.74. The lowest BCUT2D eigenvalue weighted by Gasteiger charge is -2.16. The Bertz CT molecular complexity index is 2030. The Hall–Kier alpha value is -3.24. The minimum Gasteiger partial charge on any atom is -0.507 e. The average molecular weight is 683 g/mol. The van der Waals surface area contributed by atoms with Crippen molar-refractivity contribution in [2.75, 3.05) is 0 Å². The number of benzene rings is 2. The summed E-state index contributed by atoms with van der Waals surface area (Å²) in [6.07, 6.45) is 4.02. The van der Waals surface area contributed by atoms with Crippen LogP contribution in [0.3, 0.4) is 0 Å². The van der Waals surface area contributed by atoms with E-state index in [0.717, 1.165) is 62.2 Å². The fourth-order valence-electron chi connectivity index (χ4n) is 5.60. The number of rotatable bonds is 4. The Morgan fingerprint density at radius 3 is 1.95 bits per heavy atom. The smallest absolute Gasteiger partial charge is 0.281 e. The highest BCUT2D eigenvalue weighted by Gasteiger charge is 2.31. The Kier molecular flexibility index (Phi) is 6.97. The highest BCUT2D eigenvalue weighted by molar-refractivity contribution is 9.10. The number of aryl methyl sites for hydroxylation is 3. The molecule has 2 aliphatic rings. The molecule has 2 fully saturated rings. The zero-order chi connectivity index (χ0) is 29.3. The first-order valence-electron chi connectivity index (χ1n) is 13.6. The van der Waals surface area contributed by atoms with Crippen molar-refractivity contribution in [2.45, 2.75) is 71.9 Å². The third-order valence-corrected chi connectivity index (χ3v) is 9.60. The van der Waals surface area contributed by atoms with Crippen LogP contribution in [0.1, 0.15) is 67.3 Å². The molecule has 0 spiro atoms. The first-order valence-corrected chi connectivity index (χ1v) is 15.2. The molecule has 41 heavy (non-hydrogen) atoms. The molecule has 0 atom stereocenters. The summed E-state index contributed by atoms with van der Waals surface area (Å²) in [4.78, 5) is 41.1. The summed E-state index contributed by atoms with van der Waals surface area (Å²) in [5, 5.41) is 12.0. The molecule has 8 nitrogen and oxygen atoms in total. The lowest BCUT2D eigenvalue weighted by atomic mass is 10.0. The first kappa shape index (κ1) is 27.9. The standard InChI is InChI=1S/C16H16BrNO3.C15H13BrN2O2/c1-8(19)7-12-15(20)11-5-6-13(17)9(2)14(11)18(16(12)21)10-3-4-10;1-7-11(16)6-5-10-13(7)18(9-3-4-9)15(19)12-14(10)20-8(2)17-12/h5-6,10,20H,3-4,7H2,1-2H3;5-6,9H,3-4H2,1-2H3. The van der Waals surface area contributed by atoms with E-state index in [1.54, 1.807) is 17.6 Å². The van der Waals surface area contributed by atoms with Crippen LogP contribution >= 0.6 is 31.9 Å². The van der Waals surface area contributed by atoms with Gasteiger partial charge in [-0.05, 0) is 81.8 Å². The van der Waals surface area contributed by atoms with Crippen LogP contribution in [-0.2, 0) is 11.2 Å². The molecule has 7 rings (SSSR count). The molecule has 2 saturated carbocycles. The Morgan fingerprint density at radius 1 is 0.902 bits per heavy atom. The number of carbonyl (C=O) groups is 1. The number of Topliss-reactive ketones (excluding diaryl/α,β-unsaturated/α-hetero) is 1. The van der Waals surface area contributed by atoms with Crippen molar-refractivity contribution in [3.8, 4) is 5.75 Å². The van der Waals surface area contributed by atoms with Gasteiger partial charge in [0.05, 0.1) is 16.6 Å². The largest absolute Gasteiger partial charge is 0.507 e. The number of ketones is 1. The van der Waals surface area contributed by atoms with Crippen molar-refractivity contribution in [2.24, 2.45) is 0 Å². The van der Waals surface area contributed by atoms with Crippen molar-refractivity contribution >= 4 is 70.5 Å². The number of pyridine rings is 2. The van der Waals surface area contributed by atoms with Crippen LogP contribution in [0.15, 0.2) is 47.2 Å². The van der Waals surface area contributed by atoms with Gasteiger partial charge in [0.15, 0.2) is 17.0 Å². The average Bonchev–Trinajstić information content (AvgIpc) is 3.86. The number of oxazole rings is 1. The molecule has 3 heterocycles. The number of fused-ring (bicyclic) bond motifs is 4. The molecule has 0 saturated heterocycles. The van der Waals surface area contributed by atoms with Gasteiger partial charge in [0.1, 0.15) is 11.5 Å². The van der Waals surface area contributed by atoms with Crippen LogP contribution < -0.4 is 11.1 Å². The van der Waals surface area contributed by atoms with Gasteiger partial charge in [-0.3, -0.25) is 14.4 Å². The number of nitrogens with zero attached hydrogens (tertiary/aromatic N) is 3. The molecule has 1 N–H and O–H groups in total. The quantitative estimate of drug-likeness (QED) is 0.217. The van der Waals surface area contributed by atoms with Crippen molar-refractivity contribution in [3.63, 3.8) is 0 Å². The summed E-state index contributed by atoms with van der Waals surface area (Å²) in [5.74, 6) is 0.350. The Labute approximate surface area is 252 Å². The van der Waals surface area contributed by atoms with E-state index < -0.39 is 0 Å². The summed E-state index contributed by atoms with van der Waals surface area (Å²) < 4.78 is 11.2. The fourth-order valence-corrected chi connectivity index (χ4v) is 6.24. The number of aromatic hydroxyl groups is 1. The van der Waals surface area contributed by atoms with Crippen molar-refractivity contribution in [1.82, 2.24) is 14.1 Å². The third-order valence-electron chi connectivity index (χ3n) is 7.88. The molecule has 0 unspecified atom stereocenters. The first-order chi connectivity index (χ1) is 19.5. The maximum Gasteiger partial charge on any atom is 0.281 e. The molecule has 0 bridgehead atoms. The van der Waals surface area contributed by atoms with E-state index in [9.17, 15) is 19.5 Å². The second-order valence-corrected chi connectivity index (χ2v) is 12.8. The van der Waals surface area contributed by atoms with Crippen LogP contribution in [0.25, 0.3) is 32.9 Å². The predicted octanol–water partition coefficient (Wildman–Crippen LogP) is 7.10. The van der Waals surface area contributed by atoms with Gasteiger partial charge in [-0.1, -0.05) is 31.9 Å². The van der Waals surface area contributed by atoms with E-state index >= 15 is 0 Å². The molecule has 3 aromatic heterocycles. The van der Waals surface area contributed by atoms with Crippen molar-refractivity contribution in [1.29, 1.82) is 0 Å². The maximum absolute atomic E-state index is 12.7. The van der Waals surface area contributed by atoms with Gasteiger partial charge in [0.2, 0.25) is 0 Å². The minimum absolute atomic E-state index is 0.0254. The van der Waals surface area contributed by atoms with E-state index in [0.29, 0.717) is 28.4 Å². The number of aromatic nitrogens is 3. The van der Waals surface area contributed by atoms with Gasteiger partial charge in [-0.2, -0.15) is 0 Å². The molecule has 2 aliphatic carbocycles. The molecule has 212 valence electrons. The number of carbonyl (C=O) groups excluding carboxylic acids is 1. The molecule has 10 heteroatoms. The summed E-state index contributed by atoms with van der Waals surface area (Å²) in [5.41, 5.74) is 4.73. The van der Waals surface area contributed by atoms with Crippen LogP contribution in [0.4, 0.5) is 0 Å². The molecule has 0 radical (unpaired) electrons. The van der Waals surface area contributed by atoms with E-state index in [-0.39, 0.29) is 40.7 Å². The molecule has 2 aromatic carbocycles. The highest BCUT2D eigenvalue weighted by atomic mass is 79.9. The predicted molar refractivity (Wildman–Crippen MR) is 166 cm³/mol. The van der Waals surface area contributed by atoms with Crippen LogP contribution in [0.5, 0.6) is 5.75 Å². The topological polar surface area (TPSA) is 107 Å². The minimum atomic E-state index is -0.237. The van der Waals surface area contributed by atoms with Gasteiger partial charge in [-0.25, -0.2) is 4.98 Å². The van der Waals surface area contributed by atoms with E-state index in [2.05, 4.69) is 36.8 Å². The highest BCUT2D eigenvalue weighted by Crippen LogP contribution is 2.41. The summed E-state index contributed by atoms with van der Waals surface area (Å²) in [7, 11) is 0. The number of hydrogen-bond acceptors (Lipinski definition) is 6. The van der Waals surface area contributed by atoms with Crippen LogP contribution in [0, 0.1) is 20.8 Å². The maximum atomic E-state index is 12.7. The lowest BCUT2D eigenvalue weighted by molar-refractivity contribution is -0.116. The molecular weight excluding hydrogens is 654 g/mol. The fraction of sp³-hybridized carbons (Fsp3) is 0.355. The monoisotopic (exact) mass is 681 g/mol. The van der Waals surface area contributed by atoms with Gasteiger partial charge < -0.3 is 18.7 Å². The second-order valence-electron chi connectivity index (χ2n) is 11.1. The summed E-state index contributed by atoms with van der Waals surface area (Å²) >= 11 is 7.03. The summed E-state index contributed by atoms with van der Waals surface area (Å²) in [6, 6.07) is 8.13. The number of hydrogen-bond donors (Lipinski definition) is 1. The van der Waals surface area contributed by atoms with Crippen molar-refractivity contribution < 1.29 is 14.3 Å². The second kappa shape index (κ2) is 10.2. The van der Waals surface area contributed by atoms with Gasteiger partial charge in [0.25, 0.3) is 11.1 Å². The number of halogens is 2. The van der Waals surface area contributed by atoms with E-state index in [1.807, 2.05) is 36.6 Å². The molecule has 5 aromatic rings. The van der Waals surface area contributed by atoms with Crippen LogP contribution in [0.2, 0.25) is 0 Å². The lowest BCUT2D eigenvalue weighted by Crippen LogP contribution is -2.25. The Morgan fingerprint density at radius 2 is 1.41 bits per heavy atom. The Balaban J connectivity index is 0.000000148. The van der Waals surface area contributed by atoms with Gasteiger partial charge >= 0.3 is 0 Å². The van der Waals surface area contributed by atoms with Crippen molar-refractivity contribution in [3.05, 3.63) is 76.5 Å². The van der Waals surface area contributed by atoms with Gasteiger partial charge in [-0.15, -0.1) is 0 Å². The van der Waals surface area contributed by atoms with Gasteiger partial charge in [0, 0.05) is 45.1 Å². The van der Waals surface area contributed by atoms with E-state index in [4.69, 9.17) is 4.42 Å².